The van der Waals surface area contributed by atoms with Gasteiger partial charge in [-0.3, -0.25) is 9.59 Å². The molecule has 0 aliphatic carbocycles. The molecule has 0 spiro atoms. The molecule has 0 aromatic heterocycles. The molecule has 2 nitrogen and oxygen atoms in total. The van der Waals surface area contributed by atoms with Gasteiger partial charge in [0.1, 0.15) is 5.82 Å². The lowest BCUT2D eigenvalue weighted by atomic mass is 10.0. The van der Waals surface area contributed by atoms with Crippen LogP contribution < -0.4 is 0 Å². The van der Waals surface area contributed by atoms with E-state index < -0.39 is 0 Å². The van der Waals surface area contributed by atoms with Crippen molar-refractivity contribution in [2.75, 3.05) is 6.26 Å². The lowest BCUT2D eigenvalue weighted by Gasteiger charge is -2.00. The predicted octanol–water partition coefficient (Wildman–Crippen LogP) is 6.34. The number of hydrogen-bond donors (Lipinski definition) is 0. The zero-order valence-corrected chi connectivity index (χ0v) is 16.7. The monoisotopic (exact) mass is 402 g/mol. The van der Waals surface area contributed by atoms with E-state index in [1.165, 1.54) is 29.2 Å². The number of rotatable bonds is 7. The van der Waals surface area contributed by atoms with Crippen LogP contribution in [0.15, 0.2) is 89.8 Å². The van der Waals surface area contributed by atoms with Gasteiger partial charge < -0.3 is 0 Å². The Kier molecular flexibility index (Phi) is 6.93. The van der Waals surface area contributed by atoms with Gasteiger partial charge in [-0.1, -0.05) is 60.7 Å². The Balaban J connectivity index is 1.63. The normalized spacial score (nSPS) is 11.2. The number of benzene rings is 3. The molecule has 0 radical (unpaired) electrons. The van der Waals surface area contributed by atoms with Gasteiger partial charge in [0.05, 0.1) is 0 Å². The van der Waals surface area contributed by atoms with E-state index in [-0.39, 0.29) is 17.4 Å². The van der Waals surface area contributed by atoms with Gasteiger partial charge in [-0.2, -0.15) is 0 Å². The highest BCUT2D eigenvalue weighted by atomic mass is 32.2. The Labute approximate surface area is 173 Å². The van der Waals surface area contributed by atoms with Crippen molar-refractivity contribution in [1.82, 2.24) is 0 Å². The molecule has 0 atom stereocenters. The molecule has 0 heterocycles. The summed E-state index contributed by atoms with van der Waals surface area (Å²) in [5.74, 6) is -0.627. The molecular weight excluding hydrogens is 383 g/mol. The second-order valence-corrected chi connectivity index (χ2v) is 7.18. The van der Waals surface area contributed by atoms with E-state index in [4.69, 9.17) is 0 Å². The van der Waals surface area contributed by atoms with E-state index in [2.05, 4.69) is 0 Å². The second kappa shape index (κ2) is 9.80. The molecule has 4 heteroatoms. The van der Waals surface area contributed by atoms with Gasteiger partial charge >= 0.3 is 0 Å². The van der Waals surface area contributed by atoms with Crippen LogP contribution in [0.1, 0.15) is 31.8 Å². The summed E-state index contributed by atoms with van der Waals surface area (Å²) < 4.78 is 12.9. The van der Waals surface area contributed by atoms with Crippen LogP contribution in [-0.4, -0.2) is 17.8 Å². The van der Waals surface area contributed by atoms with Crippen LogP contribution in [0.2, 0.25) is 0 Å². The maximum absolute atomic E-state index is 12.9. The fourth-order valence-corrected chi connectivity index (χ4v) is 3.03. The molecule has 0 bridgehead atoms. The fraction of sp³-hybridized carbons (Fsp3) is 0.0400. The lowest BCUT2D eigenvalue weighted by Crippen LogP contribution is -1.98. The molecular formula is C25H19FO2S. The van der Waals surface area contributed by atoms with Crippen molar-refractivity contribution >= 4 is 35.5 Å². The molecule has 0 unspecified atom stereocenters. The SMILES string of the molecule is CSc1ccc(/C=C/C(=O)c2ccc(C(=O)/C=C/c3ccc(F)cc3)cc2)cc1. The Morgan fingerprint density at radius 1 is 0.690 bits per heavy atom. The summed E-state index contributed by atoms with van der Waals surface area (Å²) in [5.41, 5.74) is 2.69. The Morgan fingerprint density at radius 2 is 1.10 bits per heavy atom. The summed E-state index contributed by atoms with van der Waals surface area (Å²) in [6.07, 6.45) is 8.38. The number of thioether (sulfide) groups is 1. The third-order valence-corrected chi connectivity index (χ3v) is 5.04. The molecule has 0 amide bonds. The number of halogens is 1. The zero-order valence-electron chi connectivity index (χ0n) is 15.8. The highest BCUT2D eigenvalue weighted by Crippen LogP contribution is 2.16. The molecule has 0 N–H and O–H groups in total. The number of carbonyl (C=O) groups is 2. The van der Waals surface area contributed by atoms with Crippen LogP contribution in [0, 0.1) is 5.82 Å². The Hall–Kier alpha value is -3.24. The van der Waals surface area contributed by atoms with E-state index >= 15 is 0 Å². The summed E-state index contributed by atoms with van der Waals surface area (Å²) in [7, 11) is 0. The quantitative estimate of drug-likeness (QED) is 0.263. The summed E-state index contributed by atoms with van der Waals surface area (Å²) in [6.45, 7) is 0. The van der Waals surface area contributed by atoms with Crippen molar-refractivity contribution in [3.63, 3.8) is 0 Å². The summed E-state index contributed by atoms with van der Waals surface area (Å²) in [6, 6.07) is 20.4. The van der Waals surface area contributed by atoms with Crippen molar-refractivity contribution in [2.24, 2.45) is 0 Å². The highest BCUT2D eigenvalue weighted by Gasteiger charge is 2.05. The van der Waals surface area contributed by atoms with E-state index in [1.54, 1.807) is 60.3 Å². The fourth-order valence-electron chi connectivity index (χ4n) is 2.62. The maximum atomic E-state index is 12.9. The molecule has 3 aromatic rings. The average Bonchev–Trinajstić information content (AvgIpc) is 2.77. The number of carbonyl (C=O) groups excluding carboxylic acids is 2. The topological polar surface area (TPSA) is 34.1 Å². The smallest absolute Gasteiger partial charge is 0.185 e. The van der Waals surface area contributed by atoms with Gasteiger partial charge in [0.2, 0.25) is 0 Å². The highest BCUT2D eigenvalue weighted by molar-refractivity contribution is 7.98. The molecule has 0 aliphatic rings. The van der Waals surface area contributed by atoms with Crippen molar-refractivity contribution in [2.45, 2.75) is 4.90 Å². The first-order valence-corrected chi connectivity index (χ1v) is 10.2. The van der Waals surface area contributed by atoms with Gasteiger partial charge in [0.15, 0.2) is 11.6 Å². The molecule has 29 heavy (non-hydrogen) atoms. The van der Waals surface area contributed by atoms with Crippen LogP contribution in [0.25, 0.3) is 12.2 Å². The third-order valence-electron chi connectivity index (χ3n) is 4.29. The number of allylic oxidation sites excluding steroid dienone is 2. The van der Waals surface area contributed by atoms with Crippen LogP contribution in [0.4, 0.5) is 4.39 Å². The number of hydrogen-bond acceptors (Lipinski definition) is 3. The van der Waals surface area contributed by atoms with Crippen LogP contribution in [-0.2, 0) is 0 Å². The molecule has 0 fully saturated rings. The number of ketones is 2. The minimum absolute atomic E-state index is 0.125. The predicted molar refractivity (Wildman–Crippen MR) is 118 cm³/mol. The average molecular weight is 402 g/mol. The minimum Gasteiger partial charge on any atom is -0.289 e. The van der Waals surface area contributed by atoms with E-state index in [0.29, 0.717) is 11.1 Å². The van der Waals surface area contributed by atoms with E-state index in [0.717, 1.165) is 11.1 Å². The van der Waals surface area contributed by atoms with Gasteiger partial charge in [-0.05, 0) is 53.8 Å². The molecule has 144 valence electrons. The van der Waals surface area contributed by atoms with Crippen molar-refractivity contribution < 1.29 is 14.0 Å². The Bertz CT molecular complexity index is 1050. The summed E-state index contributed by atoms with van der Waals surface area (Å²) in [4.78, 5) is 25.8. The summed E-state index contributed by atoms with van der Waals surface area (Å²) >= 11 is 1.67. The van der Waals surface area contributed by atoms with Crippen molar-refractivity contribution in [3.05, 3.63) is 113 Å². The molecule has 3 aromatic carbocycles. The maximum Gasteiger partial charge on any atom is 0.185 e. The molecule has 0 aliphatic heterocycles. The van der Waals surface area contributed by atoms with Gasteiger partial charge in [0, 0.05) is 16.0 Å². The van der Waals surface area contributed by atoms with Crippen molar-refractivity contribution in [1.29, 1.82) is 0 Å². The first-order valence-electron chi connectivity index (χ1n) is 9.00. The molecule has 3 rings (SSSR count). The first kappa shape index (κ1) is 20.5. The zero-order chi connectivity index (χ0) is 20.6. The van der Waals surface area contributed by atoms with E-state index in [9.17, 15) is 14.0 Å². The van der Waals surface area contributed by atoms with Gasteiger partial charge in [-0.15, -0.1) is 11.8 Å². The van der Waals surface area contributed by atoms with Crippen molar-refractivity contribution in [3.8, 4) is 0 Å². The first-order chi connectivity index (χ1) is 14.0. The van der Waals surface area contributed by atoms with Crippen LogP contribution >= 0.6 is 11.8 Å². The molecule has 0 saturated carbocycles. The van der Waals surface area contributed by atoms with Crippen LogP contribution in [0.3, 0.4) is 0 Å². The standard InChI is InChI=1S/C25H19FO2S/c1-29-23-14-4-19(5-15-23)7-17-25(28)21-10-8-20(9-11-21)24(27)16-6-18-2-12-22(26)13-3-18/h2-17H,1H3/b16-6+,17-7+. The van der Waals surface area contributed by atoms with Crippen LogP contribution in [0.5, 0.6) is 0 Å². The van der Waals surface area contributed by atoms with Gasteiger partial charge in [0.25, 0.3) is 0 Å². The lowest BCUT2D eigenvalue weighted by molar-refractivity contribution is 0.103. The molecule has 0 saturated heterocycles. The van der Waals surface area contributed by atoms with Gasteiger partial charge in [-0.25, -0.2) is 4.39 Å². The second-order valence-electron chi connectivity index (χ2n) is 6.30. The largest absolute Gasteiger partial charge is 0.289 e. The Morgan fingerprint density at radius 3 is 1.52 bits per heavy atom. The third kappa shape index (κ3) is 5.87. The minimum atomic E-state index is -0.320. The summed E-state index contributed by atoms with van der Waals surface area (Å²) in [5, 5.41) is 0. The van der Waals surface area contributed by atoms with E-state index in [1.807, 2.05) is 30.5 Å².